The van der Waals surface area contributed by atoms with E-state index in [9.17, 15) is 9.59 Å². The molecule has 2 fully saturated rings. The van der Waals surface area contributed by atoms with Gasteiger partial charge in [0.25, 0.3) is 5.91 Å². The van der Waals surface area contributed by atoms with Crippen LogP contribution in [0.4, 0.5) is 0 Å². The predicted octanol–water partition coefficient (Wildman–Crippen LogP) is 2.50. The summed E-state index contributed by atoms with van der Waals surface area (Å²) in [4.78, 5) is 23.5. The summed E-state index contributed by atoms with van der Waals surface area (Å²) in [7, 11) is 0. The maximum atomic E-state index is 12.5. The molecule has 2 atom stereocenters. The van der Waals surface area contributed by atoms with Crippen molar-refractivity contribution in [3.8, 4) is 0 Å². The zero-order valence-corrected chi connectivity index (χ0v) is 14.0. The predicted molar refractivity (Wildman–Crippen MR) is 85.4 cm³/mol. The van der Waals surface area contributed by atoms with Gasteiger partial charge in [0.1, 0.15) is 5.69 Å². The van der Waals surface area contributed by atoms with Crippen molar-refractivity contribution in [1.29, 1.82) is 0 Å². The van der Waals surface area contributed by atoms with E-state index < -0.39 is 5.97 Å². The van der Waals surface area contributed by atoms with Crippen molar-refractivity contribution >= 4 is 11.9 Å². The normalized spacial score (nSPS) is 24.7. The summed E-state index contributed by atoms with van der Waals surface area (Å²) in [5.74, 6) is -0.777. The van der Waals surface area contributed by atoms with E-state index in [2.05, 4.69) is 31.2 Å². The number of carboxylic acid groups (broad SMARTS) is 1. The van der Waals surface area contributed by atoms with E-state index in [1.165, 1.54) is 0 Å². The van der Waals surface area contributed by atoms with Crippen LogP contribution in [0.2, 0.25) is 0 Å². The molecule has 2 N–H and O–H groups in total. The second kappa shape index (κ2) is 5.65. The fourth-order valence-electron chi connectivity index (χ4n) is 3.31. The molecule has 1 aromatic heterocycles. The van der Waals surface area contributed by atoms with Gasteiger partial charge in [0.05, 0.1) is 11.5 Å². The van der Waals surface area contributed by atoms with E-state index in [1.807, 2.05) is 10.7 Å². The molecule has 0 aromatic carbocycles. The number of rotatable bonds is 4. The minimum Gasteiger partial charge on any atom is -0.481 e. The number of carbonyl (C=O) groups excluding carboxylic acids is 1. The molecule has 1 aromatic rings. The lowest BCUT2D eigenvalue weighted by Crippen LogP contribution is -2.34. The van der Waals surface area contributed by atoms with Crippen LogP contribution in [0.15, 0.2) is 6.07 Å². The molecule has 2 saturated carbocycles. The smallest absolute Gasteiger partial charge is 0.306 e. The maximum absolute atomic E-state index is 12.5. The average Bonchev–Trinajstić information content (AvgIpc) is 3.01. The Kier molecular flexibility index (Phi) is 3.94. The number of carbonyl (C=O) groups is 2. The SMILES string of the molecule is CC(C)(C)n1nc(C(=O)N[C@@H]2CC[C@H](C(=O)O)C2)cc1C1CC1. The highest BCUT2D eigenvalue weighted by Crippen LogP contribution is 2.41. The molecule has 0 saturated heterocycles. The molecule has 0 aliphatic heterocycles. The lowest BCUT2D eigenvalue weighted by atomic mass is 10.1. The molecule has 0 unspecified atom stereocenters. The van der Waals surface area contributed by atoms with E-state index in [0.29, 0.717) is 24.5 Å². The van der Waals surface area contributed by atoms with Crippen LogP contribution in [-0.4, -0.2) is 32.8 Å². The summed E-state index contributed by atoms with van der Waals surface area (Å²) < 4.78 is 1.97. The van der Waals surface area contributed by atoms with Crippen LogP contribution >= 0.6 is 0 Å². The largest absolute Gasteiger partial charge is 0.481 e. The van der Waals surface area contributed by atoms with Gasteiger partial charge >= 0.3 is 5.97 Å². The topological polar surface area (TPSA) is 84.2 Å². The van der Waals surface area contributed by atoms with Crippen molar-refractivity contribution in [2.75, 3.05) is 0 Å². The highest BCUT2D eigenvalue weighted by atomic mass is 16.4. The summed E-state index contributed by atoms with van der Waals surface area (Å²) in [6.45, 7) is 6.26. The number of hydrogen-bond acceptors (Lipinski definition) is 3. The van der Waals surface area contributed by atoms with Crippen molar-refractivity contribution in [2.24, 2.45) is 5.92 Å². The van der Waals surface area contributed by atoms with Gasteiger partial charge in [-0.15, -0.1) is 0 Å². The Morgan fingerprint density at radius 3 is 2.48 bits per heavy atom. The van der Waals surface area contributed by atoms with Crippen LogP contribution in [0.25, 0.3) is 0 Å². The fraction of sp³-hybridized carbons (Fsp3) is 0.706. The van der Waals surface area contributed by atoms with Crippen molar-refractivity contribution in [3.05, 3.63) is 17.5 Å². The van der Waals surface area contributed by atoms with E-state index in [0.717, 1.165) is 25.0 Å². The number of aromatic nitrogens is 2. The van der Waals surface area contributed by atoms with Gasteiger partial charge in [0.2, 0.25) is 0 Å². The Bertz CT molecular complexity index is 626. The fourth-order valence-corrected chi connectivity index (χ4v) is 3.31. The first-order valence-electron chi connectivity index (χ1n) is 8.40. The summed E-state index contributed by atoms with van der Waals surface area (Å²) in [5, 5.41) is 16.5. The van der Waals surface area contributed by atoms with Gasteiger partial charge in [-0.3, -0.25) is 14.3 Å². The third-order valence-corrected chi connectivity index (χ3v) is 4.72. The maximum Gasteiger partial charge on any atom is 0.306 e. The van der Waals surface area contributed by atoms with Gasteiger partial charge in [0.15, 0.2) is 0 Å². The van der Waals surface area contributed by atoms with Crippen LogP contribution in [0.1, 0.15) is 75.0 Å². The third kappa shape index (κ3) is 3.41. The molecule has 2 aliphatic rings. The van der Waals surface area contributed by atoms with Crippen LogP contribution in [0, 0.1) is 5.92 Å². The van der Waals surface area contributed by atoms with Crippen LogP contribution in [0.5, 0.6) is 0 Å². The molecule has 1 amide bonds. The Morgan fingerprint density at radius 1 is 1.26 bits per heavy atom. The minimum absolute atomic E-state index is 0.0623. The zero-order chi connectivity index (χ0) is 16.8. The molecular formula is C17H25N3O3. The number of aliphatic carboxylic acids is 1. The Balaban J connectivity index is 1.72. The lowest BCUT2D eigenvalue weighted by Gasteiger charge is -2.22. The van der Waals surface area contributed by atoms with Gasteiger partial charge in [0, 0.05) is 17.7 Å². The van der Waals surface area contributed by atoms with Crippen LogP contribution in [0.3, 0.4) is 0 Å². The number of carboxylic acids is 1. The molecule has 1 heterocycles. The second-order valence-electron chi connectivity index (χ2n) is 7.83. The molecular weight excluding hydrogens is 294 g/mol. The molecule has 2 aliphatic carbocycles. The summed E-state index contributed by atoms with van der Waals surface area (Å²) in [6, 6.07) is 1.84. The molecule has 3 rings (SSSR count). The molecule has 6 heteroatoms. The van der Waals surface area contributed by atoms with Gasteiger partial charge in [-0.2, -0.15) is 5.10 Å². The van der Waals surface area contributed by atoms with Crippen LogP contribution < -0.4 is 5.32 Å². The number of nitrogens with zero attached hydrogens (tertiary/aromatic N) is 2. The van der Waals surface area contributed by atoms with Gasteiger partial charge in [-0.05, 0) is 58.9 Å². The van der Waals surface area contributed by atoms with E-state index in [4.69, 9.17) is 5.11 Å². The van der Waals surface area contributed by atoms with Crippen LogP contribution in [-0.2, 0) is 10.3 Å². The zero-order valence-electron chi connectivity index (χ0n) is 14.0. The summed E-state index contributed by atoms with van der Waals surface area (Å²) in [5.41, 5.74) is 1.43. The quantitative estimate of drug-likeness (QED) is 0.893. The molecule has 0 radical (unpaired) electrons. The van der Waals surface area contributed by atoms with Gasteiger partial charge in [-0.25, -0.2) is 0 Å². The van der Waals surface area contributed by atoms with E-state index in [1.54, 1.807) is 0 Å². The first kappa shape index (κ1) is 16.0. The van der Waals surface area contributed by atoms with Gasteiger partial charge in [-0.1, -0.05) is 0 Å². The molecule has 0 spiro atoms. The first-order chi connectivity index (χ1) is 10.8. The first-order valence-corrected chi connectivity index (χ1v) is 8.40. The van der Waals surface area contributed by atoms with Crippen molar-refractivity contribution in [2.45, 2.75) is 70.4 Å². The summed E-state index contributed by atoms with van der Waals surface area (Å²) in [6.07, 6.45) is 4.18. The Morgan fingerprint density at radius 2 is 1.96 bits per heavy atom. The number of nitrogens with one attached hydrogen (secondary N) is 1. The molecule has 6 nitrogen and oxygen atoms in total. The standard InChI is InChI=1S/C17H25N3O3/c1-17(2,3)20-14(10-4-5-10)9-13(19-20)15(21)18-12-7-6-11(8-12)16(22)23/h9-12H,4-8H2,1-3H3,(H,18,21)(H,22,23)/t11-,12+/m0/s1. The Hall–Kier alpha value is -1.85. The van der Waals surface area contributed by atoms with E-state index in [-0.39, 0.29) is 23.4 Å². The number of hydrogen-bond donors (Lipinski definition) is 2. The third-order valence-electron chi connectivity index (χ3n) is 4.72. The van der Waals surface area contributed by atoms with Crippen molar-refractivity contribution in [1.82, 2.24) is 15.1 Å². The molecule has 23 heavy (non-hydrogen) atoms. The summed E-state index contributed by atoms with van der Waals surface area (Å²) >= 11 is 0. The second-order valence-corrected chi connectivity index (χ2v) is 7.83. The number of amides is 1. The van der Waals surface area contributed by atoms with Crippen molar-refractivity contribution < 1.29 is 14.7 Å². The Labute approximate surface area is 136 Å². The van der Waals surface area contributed by atoms with Gasteiger partial charge < -0.3 is 10.4 Å². The minimum atomic E-state index is -0.769. The highest BCUT2D eigenvalue weighted by Gasteiger charge is 2.34. The average molecular weight is 319 g/mol. The van der Waals surface area contributed by atoms with Crippen molar-refractivity contribution in [3.63, 3.8) is 0 Å². The molecule has 0 bridgehead atoms. The monoisotopic (exact) mass is 319 g/mol. The lowest BCUT2D eigenvalue weighted by molar-refractivity contribution is -0.141. The van der Waals surface area contributed by atoms with E-state index >= 15 is 0 Å². The molecule has 126 valence electrons. The highest BCUT2D eigenvalue weighted by molar-refractivity contribution is 5.92.